The number of carboxylic acids is 1. The van der Waals surface area contributed by atoms with Gasteiger partial charge in [-0.2, -0.15) is 0 Å². The van der Waals surface area contributed by atoms with E-state index in [0.717, 1.165) is 4.47 Å². The quantitative estimate of drug-likeness (QED) is 0.864. The lowest BCUT2D eigenvalue weighted by Gasteiger charge is -2.34. The minimum atomic E-state index is -0.840. The first-order valence-electron chi connectivity index (χ1n) is 7.75. The minimum absolute atomic E-state index is 0.0126. The van der Waals surface area contributed by atoms with E-state index in [1.54, 1.807) is 17.0 Å². The van der Waals surface area contributed by atoms with Crippen molar-refractivity contribution in [3.63, 3.8) is 0 Å². The first-order valence-corrected chi connectivity index (χ1v) is 8.55. The van der Waals surface area contributed by atoms with Crippen LogP contribution in [0, 0.1) is 11.8 Å². The third-order valence-corrected chi connectivity index (χ3v) is 4.24. The number of carbonyl (C=O) groups excluding carboxylic acids is 1. The molecule has 0 aliphatic carbocycles. The molecule has 1 aromatic rings. The topological polar surface area (TPSA) is 66.8 Å². The van der Waals surface area contributed by atoms with Gasteiger partial charge in [-0.15, -0.1) is 0 Å². The first kappa shape index (κ1) is 17.8. The molecular weight excluding hydrogens is 362 g/mol. The van der Waals surface area contributed by atoms with Gasteiger partial charge in [-0.05, 0) is 44.4 Å². The number of likely N-dealkylation sites (tertiary alicyclic amines) is 1. The van der Waals surface area contributed by atoms with Crippen LogP contribution in [0.5, 0.6) is 5.75 Å². The average Bonchev–Trinajstić information content (AvgIpc) is 2.44. The van der Waals surface area contributed by atoms with E-state index in [1.807, 2.05) is 26.8 Å². The number of hydrogen-bond donors (Lipinski definition) is 1. The highest BCUT2D eigenvalue weighted by molar-refractivity contribution is 9.10. The predicted molar refractivity (Wildman–Crippen MR) is 90.7 cm³/mol. The van der Waals surface area contributed by atoms with Crippen molar-refractivity contribution in [2.75, 3.05) is 13.1 Å². The highest BCUT2D eigenvalue weighted by Gasteiger charge is 2.32. The second-order valence-corrected chi connectivity index (χ2v) is 7.34. The normalized spacial score (nSPS) is 21.3. The SMILES string of the molecule is CC1CC(C(=O)O)CN(C(=O)c2cc(Br)cc(OC(C)C)c2)C1. The van der Waals surface area contributed by atoms with Gasteiger partial charge in [-0.25, -0.2) is 0 Å². The summed E-state index contributed by atoms with van der Waals surface area (Å²) >= 11 is 3.40. The zero-order chi connectivity index (χ0) is 17.1. The van der Waals surface area contributed by atoms with Crippen LogP contribution in [0.2, 0.25) is 0 Å². The molecule has 1 aliphatic heterocycles. The number of hydrogen-bond acceptors (Lipinski definition) is 3. The molecule has 0 bridgehead atoms. The van der Waals surface area contributed by atoms with Crippen molar-refractivity contribution in [2.24, 2.45) is 11.8 Å². The molecule has 1 aromatic carbocycles. The summed E-state index contributed by atoms with van der Waals surface area (Å²) in [6.45, 7) is 6.66. The van der Waals surface area contributed by atoms with Crippen molar-refractivity contribution in [1.82, 2.24) is 4.90 Å². The maximum Gasteiger partial charge on any atom is 0.308 e. The fourth-order valence-electron chi connectivity index (χ4n) is 2.91. The molecule has 0 saturated carbocycles. The Balaban J connectivity index is 2.22. The van der Waals surface area contributed by atoms with Gasteiger partial charge in [0.25, 0.3) is 5.91 Å². The molecule has 2 rings (SSSR count). The molecule has 6 heteroatoms. The summed E-state index contributed by atoms with van der Waals surface area (Å²) in [5, 5.41) is 9.25. The van der Waals surface area contributed by atoms with Crippen LogP contribution in [-0.2, 0) is 4.79 Å². The Morgan fingerprint density at radius 1 is 1.30 bits per heavy atom. The van der Waals surface area contributed by atoms with Gasteiger partial charge < -0.3 is 14.7 Å². The summed E-state index contributed by atoms with van der Waals surface area (Å²) in [6, 6.07) is 5.27. The molecule has 126 valence electrons. The molecule has 1 saturated heterocycles. The van der Waals surface area contributed by atoms with E-state index >= 15 is 0 Å². The van der Waals surface area contributed by atoms with Gasteiger partial charge in [-0.3, -0.25) is 9.59 Å². The molecule has 23 heavy (non-hydrogen) atoms. The summed E-state index contributed by atoms with van der Waals surface area (Å²) in [5.74, 6) is -0.698. The van der Waals surface area contributed by atoms with Gasteiger partial charge in [0.15, 0.2) is 0 Å². The molecule has 5 nitrogen and oxygen atoms in total. The first-order chi connectivity index (χ1) is 10.8. The van der Waals surface area contributed by atoms with Crippen LogP contribution in [0.25, 0.3) is 0 Å². The third-order valence-electron chi connectivity index (χ3n) is 3.79. The van der Waals surface area contributed by atoms with Crippen molar-refractivity contribution in [1.29, 1.82) is 0 Å². The number of rotatable bonds is 4. The fraction of sp³-hybridized carbons (Fsp3) is 0.529. The highest BCUT2D eigenvalue weighted by Crippen LogP contribution is 2.27. The van der Waals surface area contributed by atoms with Gasteiger partial charge in [0, 0.05) is 23.1 Å². The smallest absolute Gasteiger partial charge is 0.308 e. The monoisotopic (exact) mass is 383 g/mol. The zero-order valence-electron chi connectivity index (χ0n) is 13.6. The summed E-state index contributed by atoms with van der Waals surface area (Å²) in [6.07, 6.45) is 0.623. The lowest BCUT2D eigenvalue weighted by molar-refractivity contribution is -0.143. The largest absolute Gasteiger partial charge is 0.491 e. The number of carbonyl (C=O) groups is 2. The van der Waals surface area contributed by atoms with Gasteiger partial charge in [0.1, 0.15) is 5.75 Å². The van der Waals surface area contributed by atoms with E-state index in [4.69, 9.17) is 4.74 Å². The Kier molecular flexibility index (Phi) is 5.68. The number of ether oxygens (including phenoxy) is 1. The number of piperidine rings is 1. The maximum absolute atomic E-state index is 12.8. The molecule has 2 atom stereocenters. The Bertz CT molecular complexity index is 602. The van der Waals surface area contributed by atoms with E-state index in [-0.39, 0.29) is 24.5 Å². The molecule has 2 unspecified atom stereocenters. The van der Waals surface area contributed by atoms with E-state index in [9.17, 15) is 14.7 Å². The van der Waals surface area contributed by atoms with Crippen LogP contribution >= 0.6 is 15.9 Å². The van der Waals surface area contributed by atoms with Crippen LogP contribution in [0.1, 0.15) is 37.6 Å². The second kappa shape index (κ2) is 7.34. The van der Waals surface area contributed by atoms with Crippen LogP contribution < -0.4 is 4.74 Å². The summed E-state index contributed by atoms with van der Waals surface area (Å²) in [7, 11) is 0. The third kappa shape index (κ3) is 4.70. The fourth-order valence-corrected chi connectivity index (χ4v) is 3.38. The van der Waals surface area contributed by atoms with E-state index in [2.05, 4.69) is 15.9 Å². The molecule has 0 aromatic heterocycles. The van der Waals surface area contributed by atoms with Crippen molar-refractivity contribution in [3.05, 3.63) is 28.2 Å². The lowest BCUT2D eigenvalue weighted by Crippen LogP contribution is -2.45. The summed E-state index contributed by atoms with van der Waals surface area (Å²) < 4.78 is 6.42. The van der Waals surface area contributed by atoms with Gasteiger partial charge >= 0.3 is 5.97 Å². The van der Waals surface area contributed by atoms with Crippen molar-refractivity contribution >= 4 is 27.8 Å². The highest BCUT2D eigenvalue weighted by atomic mass is 79.9. The Labute approximate surface area is 144 Å². The van der Waals surface area contributed by atoms with Crippen LogP contribution in [-0.4, -0.2) is 41.1 Å². The zero-order valence-corrected chi connectivity index (χ0v) is 15.2. The number of halogens is 1. The summed E-state index contributed by atoms with van der Waals surface area (Å²) in [5.41, 5.74) is 0.508. The van der Waals surface area contributed by atoms with E-state index in [0.29, 0.717) is 24.3 Å². The standard InChI is InChI=1S/C17H22BrNO4/c1-10(2)23-15-6-12(5-14(18)7-15)16(20)19-8-11(3)4-13(9-19)17(21)22/h5-7,10-11,13H,4,8-9H2,1-3H3,(H,21,22). The van der Waals surface area contributed by atoms with Gasteiger partial charge in [-0.1, -0.05) is 22.9 Å². The Morgan fingerprint density at radius 3 is 2.61 bits per heavy atom. The molecular formula is C17H22BrNO4. The molecule has 1 amide bonds. The van der Waals surface area contributed by atoms with Crippen molar-refractivity contribution in [3.8, 4) is 5.75 Å². The lowest BCUT2D eigenvalue weighted by atomic mass is 9.90. The van der Waals surface area contributed by atoms with Crippen molar-refractivity contribution in [2.45, 2.75) is 33.3 Å². The Morgan fingerprint density at radius 2 is 2.00 bits per heavy atom. The van der Waals surface area contributed by atoms with Crippen molar-refractivity contribution < 1.29 is 19.4 Å². The Hall–Kier alpha value is -1.56. The molecule has 1 aliphatic rings. The van der Waals surface area contributed by atoms with Crippen LogP contribution in [0.4, 0.5) is 0 Å². The van der Waals surface area contributed by atoms with E-state index < -0.39 is 11.9 Å². The van der Waals surface area contributed by atoms with Crippen LogP contribution in [0.15, 0.2) is 22.7 Å². The summed E-state index contributed by atoms with van der Waals surface area (Å²) in [4.78, 5) is 25.7. The minimum Gasteiger partial charge on any atom is -0.491 e. The molecule has 0 spiro atoms. The molecule has 1 N–H and O–H groups in total. The number of aliphatic carboxylic acids is 1. The number of nitrogens with zero attached hydrogens (tertiary/aromatic N) is 1. The molecule has 0 radical (unpaired) electrons. The van der Waals surface area contributed by atoms with E-state index in [1.165, 1.54) is 0 Å². The maximum atomic E-state index is 12.8. The molecule has 1 heterocycles. The molecule has 1 fully saturated rings. The van der Waals surface area contributed by atoms with Gasteiger partial charge in [0.2, 0.25) is 0 Å². The number of benzene rings is 1. The second-order valence-electron chi connectivity index (χ2n) is 6.43. The predicted octanol–water partition coefficient (Wildman–Crippen LogP) is 3.42. The number of amides is 1. The number of carboxylic acid groups (broad SMARTS) is 1. The van der Waals surface area contributed by atoms with Gasteiger partial charge in [0.05, 0.1) is 12.0 Å². The van der Waals surface area contributed by atoms with Crippen LogP contribution in [0.3, 0.4) is 0 Å². The average molecular weight is 384 g/mol.